The minimum absolute atomic E-state index is 0.0853. The van der Waals surface area contributed by atoms with Crippen LogP contribution in [0.2, 0.25) is 0 Å². The molecule has 1 atom stereocenters. The van der Waals surface area contributed by atoms with Crippen molar-refractivity contribution in [1.29, 1.82) is 0 Å². The van der Waals surface area contributed by atoms with Crippen LogP contribution in [-0.2, 0) is 0 Å². The van der Waals surface area contributed by atoms with Crippen molar-refractivity contribution in [3.63, 3.8) is 0 Å². The summed E-state index contributed by atoms with van der Waals surface area (Å²) < 4.78 is 0. The third-order valence-electron chi connectivity index (χ3n) is 4.06. The van der Waals surface area contributed by atoms with Gasteiger partial charge in [-0.1, -0.05) is 5.16 Å². The van der Waals surface area contributed by atoms with Gasteiger partial charge in [-0.15, -0.1) is 5.10 Å². The maximum absolute atomic E-state index is 9.01. The van der Waals surface area contributed by atoms with Gasteiger partial charge in [-0.2, -0.15) is 5.10 Å². The predicted molar refractivity (Wildman–Crippen MR) is 78.3 cm³/mol. The molecule has 0 saturated carbocycles. The molecule has 2 rings (SSSR count). The second kappa shape index (κ2) is 5.62. The molecule has 2 heterocycles. The first kappa shape index (κ1) is 14.5. The van der Waals surface area contributed by atoms with Gasteiger partial charge in [0.05, 0.1) is 11.3 Å². The number of amidine groups is 1. The summed E-state index contributed by atoms with van der Waals surface area (Å²) in [6.07, 6.45) is 0. The summed E-state index contributed by atoms with van der Waals surface area (Å²) in [7, 11) is 2.11. The van der Waals surface area contributed by atoms with E-state index in [4.69, 9.17) is 10.9 Å². The second-order valence-electron chi connectivity index (χ2n) is 5.37. The van der Waals surface area contributed by atoms with Gasteiger partial charge in [0.1, 0.15) is 0 Å². The lowest BCUT2D eigenvalue weighted by Crippen LogP contribution is -2.51. The molecule has 7 nitrogen and oxygen atoms in total. The van der Waals surface area contributed by atoms with E-state index in [0.717, 1.165) is 30.9 Å². The standard InChI is InChI=1S/C13H22N6O/c1-8-7-19(6-5-18(8)4)13-11(12(14)17-20)9(2)10(3)15-16-13/h8,20H,5-7H2,1-4H3,(H2,14,17). The Labute approximate surface area is 119 Å². The van der Waals surface area contributed by atoms with E-state index < -0.39 is 0 Å². The number of rotatable bonds is 2. The number of hydrogen-bond donors (Lipinski definition) is 2. The van der Waals surface area contributed by atoms with E-state index in [0.29, 0.717) is 17.4 Å². The van der Waals surface area contributed by atoms with E-state index >= 15 is 0 Å². The fraction of sp³-hybridized carbons (Fsp3) is 0.615. The van der Waals surface area contributed by atoms with Gasteiger partial charge in [0.25, 0.3) is 0 Å². The molecule has 0 aromatic carbocycles. The number of aryl methyl sites for hydroxylation is 1. The third kappa shape index (κ3) is 2.53. The largest absolute Gasteiger partial charge is 0.409 e. The van der Waals surface area contributed by atoms with Gasteiger partial charge in [-0.05, 0) is 33.4 Å². The highest BCUT2D eigenvalue weighted by atomic mass is 16.4. The number of oxime groups is 1. The van der Waals surface area contributed by atoms with E-state index in [1.165, 1.54) is 0 Å². The summed E-state index contributed by atoms with van der Waals surface area (Å²) in [6.45, 7) is 8.60. The monoisotopic (exact) mass is 278 g/mol. The molecule has 7 heteroatoms. The van der Waals surface area contributed by atoms with E-state index in [-0.39, 0.29) is 5.84 Å². The van der Waals surface area contributed by atoms with Gasteiger partial charge in [0.2, 0.25) is 0 Å². The second-order valence-corrected chi connectivity index (χ2v) is 5.37. The van der Waals surface area contributed by atoms with Crippen LogP contribution < -0.4 is 10.6 Å². The number of piperazine rings is 1. The Morgan fingerprint density at radius 2 is 2.05 bits per heavy atom. The maximum Gasteiger partial charge on any atom is 0.174 e. The molecular formula is C13H22N6O. The molecule has 1 aromatic heterocycles. The SMILES string of the molecule is Cc1nnc(N2CCN(C)C(C)C2)c(C(N)=NO)c1C. The highest BCUT2D eigenvalue weighted by molar-refractivity contribution is 6.02. The summed E-state index contributed by atoms with van der Waals surface area (Å²) in [4.78, 5) is 4.45. The summed E-state index contributed by atoms with van der Waals surface area (Å²) in [6, 6.07) is 0.423. The van der Waals surface area contributed by atoms with Crippen LogP contribution in [0.4, 0.5) is 5.82 Å². The van der Waals surface area contributed by atoms with Crippen molar-refractivity contribution >= 4 is 11.7 Å². The fourth-order valence-electron chi connectivity index (χ4n) is 2.41. The van der Waals surface area contributed by atoms with Crippen LogP contribution in [0.5, 0.6) is 0 Å². The minimum Gasteiger partial charge on any atom is -0.409 e. The quantitative estimate of drug-likeness (QED) is 0.350. The van der Waals surface area contributed by atoms with E-state index in [1.807, 2.05) is 13.8 Å². The van der Waals surface area contributed by atoms with Gasteiger partial charge in [0, 0.05) is 25.7 Å². The van der Waals surface area contributed by atoms with Crippen molar-refractivity contribution in [3.8, 4) is 0 Å². The molecule has 1 fully saturated rings. The van der Waals surface area contributed by atoms with Gasteiger partial charge in [-0.25, -0.2) is 0 Å². The van der Waals surface area contributed by atoms with Crippen molar-refractivity contribution in [1.82, 2.24) is 15.1 Å². The first-order valence-corrected chi connectivity index (χ1v) is 6.72. The number of hydrogen-bond acceptors (Lipinski definition) is 6. The molecule has 1 aliphatic rings. The third-order valence-corrected chi connectivity index (χ3v) is 4.06. The van der Waals surface area contributed by atoms with Gasteiger partial charge in [0.15, 0.2) is 11.7 Å². The molecule has 3 N–H and O–H groups in total. The predicted octanol–water partition coefficient (Wildman–Crippen LogP) is 0.328. The zero-order valence-electron chi connectivity index (χ0n) is 12.5. The number of aromatic nitrogens is 2. The van der Waals surface area contributed by atoms with Crippen LogP contribution in [0.25, 0.3) is 0 Å². The molecule has 0 amide bonds. The van der Waals surface area contributed by atoms with Gasteiger partial charge < -0.3 is 20.7 Å². The van der Waals surface area contributed by atoms with Crippen LogP contribution in [-0.4, -0.2) is 58.9 Å². The molecule has 1 saturated heterocycles. The zero-order chi connectivity index (χ0) is 14.9. The Hall–Kier alpha value is -1.89. The van der Waals surface area contributed by atoms with Crippen LogP contribution >= 0.6 is 0 Å². The van der Waals surface area contributed by atoms with E-state index in [2.05, 4.69) is 39.1 Å². The molecule has 0 bridgehead atoms. The summed E-state index contributed by atoms with van der Waals surface area (Å²) in [5.41, 5.74) is 8.20. The summed E-state index contributed by atoms with van der Waals surface area (Å²) in [5, 5.41) is 20.6. The number of nitrogens with two attached hydrogens (primary N) is 1. The van der Waals surface area contributed by atoms with Crippen molar-refractivity contribution in [2.24, 2.45) is 10.9 Å². The number of likely N-dealkylation sites (N-methyl/N-ethyl adjacent to an activating group) is 1. The average Bonchev–Trinajstić information content (AvgIpc) is 2.44. The maximum atomic E-state index is 9.01. The molecule has 0 aliphatic carbocycles. The Morgan fingerprint density at radius 1 is 1.35 bits per heavy atom. The van der Waals surface area contributed by atoms with Crippen molar-refractivity contribution in [3.05, 3.63) is 16.8 Å². The van der Waals surface area contributed by atoms with Gasteiger partial charge >= 0.3 is 0 Å². The van der Waals surface area contributed by atoms with Gasteiger partial charge in [-0.3, -0.25) is 0 Å². The first-order chi connectivity index (χ1) is 9.45. The smallest absolute Gasteiger partial charge is 0.174 e. The number of anilines is 1. The number of nitrogens with zero attached hydrogens (tertiary/aromatic N) is 5. The van der Waals surface area contributed by atoms with Crippen molar-refractivity contribution in [2.45, 2.75) is 26.8 Å². The lowest BCUT2D eigenvalue weighted by molar-refractivity contribution is 0.233. The summed E-state index contributed by atoms with van der Waals surface area (Å²) in [5.74, 6) is 0.783. The molecule has 0 spiro atoms. The molecule has 0 radical (unpaired) electrons. The van der Waals surface area contributed by atoms with Crippen LogP contribution in [0.3, 0.4) is 0 Å². The molecular weight excluding hydrogens is 256 g/mol. The van der Waals surface area contributed by atoms with E-state index in [9.17, 15) is 0 Å². The molecule has 1 unspecified atom stereocenters. The Balaban J connectivity index is 2.44. The van der Waals surface area contributed by atoms with Crippen molar-refractivity contribution in [2.75, 3.05) is 31.6 Å². The molecule has 1 aliphatic heterocycles. The topological polar surface area (TPSA) is 90.9 Å². The van der Waals surface area contributed by atoms with Crippen LogP contribution in [0.15, 0.2) is 5.16 Å². The highest BCUT2D eigenvalue weighted by Crippen LogP contribution is 2.24. The van der Waals surface area contributed by atoms with Crippen LogP contribution in [0.1, 0.15) is 23.7 Å². The van der Waals surface area contributed by atoms with Crippen molar-refractivity contribution < 1.29 is 5.21 Å². The molecule has 1 aromatic rings. The zero-order valence-corrected chi connectivity index (χ0v) is 12.5. The van der Waals surface area contributed by atoms with E-state index in [1.54, 1.807) is 0 Å². The Kier molecular flexibility index (Phi) is 4.08. The molecule has 110 valence electrons. The lowest BCUT2D eigenvalue weighted by Gasteiger charge is -2.38. The lowest BCUT2D eigenvalue weighted by atomic mass is 10.1. The fourth-order valence-corrected chi connectivity index (χ4v) is 2.41. The Bertz CT molecular complexity index is 530. The minimum atomic E-state index is 0.0853. The average molecular weight is 278 g/mol. The highest BCUT2D eigenvalue weighted by Gasteiger charge is 2.26. The Morgan fingerprint density at radius 3 is 2.65 bits per heavy atom. The van der Waals surface area contributed by atoms with Crippen LogP contribution in [0, 0.1) is 13.8 Å². The molecule has 20 heavy (non-hydrogen) atoms. The first-order valence-electron chi connectivity index (χ1n) is 6.72. The normalized spacial score (nSPS) is 21.3. The summed E-state index contributed by atoms with van der Waals surface area (Å²) >= 11 is 0.